The molecule has 0 spiro atoms. The summed E-state index contributed by atoms with van der Waals surface area (Å²) >= 11 is 6.12. The minimum Gasteiger partial charge on any atom is -0.497 e. The molecule has 1 aromatic heterocycles. The number of sulfonamides is 1. The van der Waals surface area contributed by atoms with Gasteiger partial charge in [-0.15, -0.1) is 0 Å². The van der Waals surface area contributed by atoms with Gasteiger partial charge in [-0.1, -0.05) is 17.7 Å². The quantitative estimate of drug-likeness (QED) is 0.669. The number of nitrogens with one attached hydrogen (secondary N) is 1. The molecule has 2 atom stereocenters. The first-order valence-corrected chi connectivity index (χ1v) is 11.5. The highest BCUT2D eigenvalue weighted by atomic mass is 35.5. The van der Waals surface area contributed by atoms with Crippen molar-refractivity contribution < 1.29 is 22.7 Å². The monoisotopic (exact) mass is 467 g/mol. The van der Waals surface area contributed by atoms with Crippen LogP contribution in [0, 0.1) is 6.92 Å². The Balaban J connectivity index is 1.54. The van der Waals surface area contributed by atoms with Crippen LogP contribution in [0.1, 0.15) is 18.5 Å². The lowest BCUT2D eigenvalue weighted by Gasteiger charge is -2.32. The van der Waals surface area contributed by atoms with Gasteiger partial charge in [0.2, 0.25) is 10.0 Å². The zero-order valence-corrected chi connectivity index (χ0v) is 18.8. The maximum absolute atomic E-state index is 13.1. The molecule has 2 aliphatic rings. The van der Waals surface area contributed by atoms with E-state index < -0.39 is 34.0 Å². The predicted octanol–water partition coefficient (Wildman–Crippen LogP) is 1.67. The molecule has 166 valence electrons. The Morgan fingerprint density at radius 2 is 2.03 bits per heavy atom. The van der Waals surface area contributed by atoms with Crippen molar-refractivity contribution in [2.75, 3.05) is 18.6 Å². The molecule has 3 heterocycles. The topological polar surface area (TPSA) is 114 Å². The van der Waals surface area contributed by atoms with Crippen LogP contribution in [0.5, 0.6) is 5.75 Å². The normalized spacial score (nSPS) is 21.5. The number of carbonyl (C=O) groups excluding carboxylic acids is 2. The number of amides is 3. The molecule has 1 N–H and O–H groups in total. The Kier molecular flexibility index (Phi) is 5.44. The maximum atomic E-state index is 13.1. The van der Waals surface area contributed by atoms with Gasteiger partial charge in [-0.05, 0) is 31.9 Å². The van der Waals surface area contributed by atoms with Gasteiger partial charge in [0.05, 0.1) is 18.5 Å². The van der Waals surface area contributed by atoms with Gasteiger partial charge >= 0.3 is 6.03 Å². The first kappa shape index (κ1) is 21.6. The average Bonchev–Trinajstić information content (AvgIpc) is 3.13. The van der Waals surface area contributed by atoms with E-state index in [-0.39, 0.29) is 28.7 Å². The van der Waals surface area contributed by atoms with Crippen molar-refractivity contribution in [3.8, 4) is 5.75 Å². The van der Waals surface area contributed by atoms with E-state index in [2.05, 4.69) is 9.82 Å². The summed E-state index contributed by atoms with van der Waals surface area (Å²) in [7, 11) is -0.884. The number of nitrogens with zero attached hydrogens (tertiary/aromatic N) is 4. The summed E-state index contributed by atoms with van der Waals surface area (Å²) in [6.07, 6.45) is 0.541. The van der Waals surface area contributed by atoms with Crippen molar-refractivity contribution in [3.63, 3.8) is 0 Å². The molecule has 0 saturated carbocycles. The smallest absolute Gasteiger partial charge is 0.332 e. The highest BCUT2D eigenvalue weighted by Gasteiger charge is 2.49. The molecule has 2 fully saturated rings. The van der Waals surface area contributed by atoms with Crippen molar-refractivity contribution in [2.45, 2.75) is 36.7 Å². The summed E-state index contributed by atoms with van der Waals surface area (Å²) in [5, 5.41) is 4.06. The van der Waals surface area contributed by atoms with Crippen molar-refractivity contribution in [3.05, 3.63) is 35.1 Å². The van der Waals surface area contributed by atoms with Gasteiger partial charge in [-0.25, -0.2) is 22.8 Å². The summed E-state index contributed by atoms with van der Waals surface area (Å²) in [5.74, 6) is 0.134. The molecule has 10 nitrogen and oxygen atoms in total. The Morgan fingerprint density at radius 3 is 2.68 bits per heavy atom. The molecule has 31 heavy (non-hydrogen) atoms. The molecule has 2 unspecified atom stereocenters. The molecule has 0 aliphatic carbocycles. The Hall–Kier alpha value is -2.63. The number of hydrogen-bond donors (Lipinski definition) is 1. The van der Waals surface area contributed by atoms with E-state index in [1.165, 1.54) is 16.7 Å². The third-order valence-corrected chi connectivity index (χ3v) is 7.76. The first-order chi connectivity index (χ1) is 14.6. The van der Waals surface area contributed by atoms with Gasteiger partial charge in [-0.3, -0.25) is 9.48 Å². The number of aryl methyl sites for hydroxylation is 2. The SMILES string of the molecule is COc1cccc(N2C(=O)C3CC(NS(=O)(=O)c4c(C)nn(C)c4Cl)CCN3C2=O)c1. The lowest BCUT2D eigenvalue weighted by molar-refractivity contribution is -0.120. The second-order valence-corrected chi connectivity index (χ2v) is 9.55. The third kappa shape index (κ3) is 3.66. The first-order valence-electron chi connectivity index (χ1n) is 9.64. The van der Waals surface area contributed by atoms with Crippen LogP contribution in [0.15, 0.2) is 29.2 Å². The molecular weight excluding hydrogens is 446 g/mol. The maximum Gasteiger partial charge on any atom is 0.332 e. The van der Waals surface area contributed by atoms with Crippen LogP contribution < -0.4 is 14.4 Å². The zero-order chi connectivity index (χ0) is 22.5. The zero-order valence-electron chi connectivity index (χ0n) is 17.2. The number of halogens is 1. The number of ether oxygens (including phenoxy) is 1. The van der Waals surface area contributed by atoms with Crippen LogP contribution in [0.2, 0.25) is 5.15 Å². The van der Waals surface area contributed by atoms with Crippen LogP contribution >= 0.6 is 11.6 Å². The van der Waals surface area contributed by atoms with E-state index in [1.807, 2.05) is 0 Å². The number of methoxy groups -OCH3 is 1. The number of fused-ring (bicyclic) bond motifs is 1. The van der Waals surface area contributed by atoms with Crippen LogP contribution in [0.25, 0.3) is 0 Å². The summed E-state index contributed by atoms with van der Waals surface area (Å²) < 4.78 is 34.9. The molecule has 0 radical (unpaired) electrons. The lowest BCUT2D eigenvalue weighted by Crippen LogP contribution is -2.49. The fraction of sp³-hybridized carbons (Fsp3) is 0.421. The van der Waals surface area contributed by atoms with Crippen LogP contribution in [0.4, 0.5) is 10.5 Å². The van der Waals surface area contributed by atoms with Gasteiger partial charge < -0.3 is 9.64 Å². The highest BCUT2D eigenvalue weighted by Crippen LogP contribution is 2.33. The van der Waals surface area contributed by atoms with E-state index in [9.17, 15) is 18.0 Å². The molecule has 4 rings (SSSR count). The predicted molar refractivity (Wildman–Crippen MR) is 113 cm³/mol. The number of piperidine rings is 1. The number of carbonyl (C=O) groups is 2. The molecule has 1 aromatic carbocycles. The van der Waals surface area contributed by atoms with Crippen LogP contribution in [-0.2, 0) is 21.9 Å². The minimum absolute atomic E-state index is 0.0127. The Morgan fingerprint density at radius 1 is 1.29 bits per heavy atom. The van der Waals surface area contributed by atoms with Crippen molar-refractivity contribution >= 4 is 39.2 Å². The van der Waals surface area contributed by atoms with E-state index in [1.54, 1.807) is 38.2 Å². The van der Waals surface area contributed by atoms with Crippen molar-refractivity contribution in [1.82, 2.24) is 19.4 Å². The minimum atomic E-state index is -3.94. The molecule has 0 bridgehead atoms. The molecule has 2 saturated heterocycles. The van der Waals surface area contributed by atoms with Crippen LogP contribution in [-0.4, -0.2) is 60.8 Å². The Bertz CT molecular complexity index is 1160. The molecule has 2 aromatic rings. The van der Waals surface area contributed by atoms with Crippen molar-refractivity contribution in [2.24, 2.45) is 7.05 Å². The molecule has 2 aliphatic heterocycles. The number of rotatable bonds is 5. The van der Waals surface area contributed by atoms with E-state index in [0.717, 1.165) is 4.90 Å². The fourth-order valence-electron chi connectivity index (χ4n) is 4.09. The summed E-state index contributed by atoms with van der Waals surface area (Å²) in [4.78, 5) is 28.5. The van der Waals surface area contributed by atoms with E-state index in [0.29, 0.717) is 17.9 Å². The number of imide groups is 1. The van der Waals surface area contributed by atoms with E-state index in [4.69, 9.17) is 16.3 Å². The number of hydrogen-bond acceptors (Lipinski definition) is 6. The number of anilines is 1. The Labute approximate surface area is 184 Å². The average molecular weight is 468 g/mol. The van der Waals surface area contributed by atoms with Gasteiger partial charge in [0.1, 0.15) is 21.8 Å². The fourth-order valence-corrected chi connectivity index (χ4v) is 6.12. The summed E-state index contributed by atoms with van der Waals surface area (Å²) in [6, 6.07) is 5.00. The highest BCUT2D eigenvalue weighted by molar-refractivity contribution is 7.89. The van der Waals surface area contributed by atoms with Gasteiger partial charge in [0.15, 0.2) is 0 Å². The lowest BCUT2D eigenvalue weighted by atomic mass is 9.99. The molecule has 3 amide bonds. The standard InChI is InChI=1S/C19H22ClN5O5S/c1-11-16(17(20)23(2)21-11)31(28,29)22-12-7-8-24-15(9-12)18(26)25(19(24)27)13-5-4-6-14(10-13)30-3/h4-6,10,12,15,22H,7-9H2,1-3H3. The van der Waals surface area contributed by atoms with Crippen molar-refractivity contribution in [1.29, 1.82) is 0 Å². The summed E-state index contributed by atoms with van der Waals surface area (Å²) in [5.41, 5.74) is 0.701. The second-order valence-electron chi connectivity index (χ2n) is 7.54. The van der Waals surface area contributed by atoms with Crippen LogP contribution in [0.3, 0.4) is 0 Å². The third-order valence-electron chi connectivity index (χ3n) is 5.55. The van der Waals surface area contributed by atoms with Gasteiger partial charge in [0.25, 0.3) is 5.91 Å². The molecular formula is C19H22ClN5O5S. The van der Waals surface area contributed by atoms with Gasteiger partial charge in [0, 0.05) is 25.7 Å². The second kappa shape index (κ2) is 7.81. The summed E-state index contributed by atoms with van der Waals surface area (Å²) in [6.45, 7) is 1.82. The number of aromatic nitrogens is 2. The number of urea groups is 1. The van der Waals surface area contributed by atoms with Gasteiger partial charge in [-0.2, -0.15) is 5.10 Å². The van der Waals surface area contributed by atoms with E-state index >= 15 is 0 Å². The number of benzene rings is 1. The molecule has 12 heteroatoms. The largest absolute Gasteiger partial charge is 0.497 e.